The van der Waals surface area contributed by atoms with Crippen molar-refractivity contribution in [2.24, 2.45) is 45.3 Å². The molecule has 30 atom stereocenters. The standard InChI is InChI=1S/C54H92O22/c1-23(2)11-10-15-54(9,76-49-45(41(66)37(62)29(22-57)72-49)75-46-42(67)38(63)34(59)24(3)69-46)25-12-17-53(8)33(25)26(58)19-31-51(6)16-14-32(50(4,5)30(51)13-18-52(31,53)7)73-48-44(40(65)36(61)28(21-56)71-48)74-47-43(68)39(64)35(60)27(20-55)70-47/h11,24-49,55-68H,10,12-22H2,1-9H3/t24-,25-,26+,27+,28+,29+,30-,31+,32-,33-,34-,35+,36+,37+,38+,39-,40-,41-,42+,43+,44+,45+,46-,47-,48-,49-,51-,52+,53+,54-/m0/s1. The van der Waals surface area contributed by atoms with Gasteiger partial charge in [-0.05, 0) is 131 Å². The van der Waals surface area contributed by atoms with E-state index in [2.05, 4.69) is 40.7 Å². The van der Waals surface area contributed by atoms with E-state index in [1.807, 2.05) is 20.8 Å². The van der Waals surface area contributed by atoms with Gasteiger partial charge in [0.15, 0.2) is 25.2 Å². The molecule has 4 aliphatic carbocycles. The zero-order valence-electron chi connectivity index (χ0n) is 45.6. The monoisotopic (exact) mass is 1090 g/mol. The van der Waals surface area contributed by atoms with Crippen LogP contribution >= 0.6 is 0 Å². The van der Waals surface area contributed by atoms with Crippen molar-refractivity contribution in [2.45, 2.75) is 261 Å². The van der Waals surface area contributed by atoms with Gasteiger partial charge in [0.1, 0.15) is 91.6 Å². The van der Waals surface area contributed by atoms with Gasteiger partial charge in [0.05, 0.1) is 43.7 Å². The lowest BCUT2D eigenvalue weighted by atomic mass is 9.35. The fraction of sp³-hybridized carbons (Fsp3) is 0.963. The van der Waals surface area contributed by atoms with E-state index in [0.717, 1.165) is 24.8 Å². The van der Waals surface area contributed by atoms with Gasteiger partial charge in [0.2, 0.25) is 0 Å². The molecular weight excluding hydrogens is 1000 g/mol. The number of fused-ring (bicyclic) bond motifs is 5. The average Bonchev–Trinajstić information content (AvgIpc) is 3.76. The highest BCUT2D eigenvalue weighted by molar-refractivity contribution is 5.21. The van der Waals surface area contributed by atoms with Crippen LogP contribution in [0.1, 0.15) is 120 Å². The van der Waals surface area contributed by atoms with E-state index in [-0.39, 0.29) is 34.5 Å². The maximum atomic E-state index is 12.9. The Morgan fingerprint density at radius 2 is 1.05 bits per heavy atom. The summed E-state index contributed by atoms with van der Waals surface area (Å²) in [7, 11) is 0. The first-order valence-corrected chi connectivity index (χ1v) is 27.8. The molecule has 4 saturated heterocycles. The van der Waals surface area contributed by atoms with Crippen LogP contribution < -0.4 is 0 Å². The highest BCUT2D eigenvalue weighted by atomic mass is 16.8. The Morgan fingerprint density at radius 1 is 0.553 bits per heavy atom. The quantitative estimate of drug-likeness (QED) is 0.0678. The predicted octanol–water partition coefficient (Wildman–Crippen LogP) is -1.17. The molecule has 0 spiro atoms. The second kappa shape index (κ2) is 22.9. The number of hydrogen-bond acceptors (Lipinski definition) is 22. The normalized spacial score (nSPS) is 53.2. The Balaban J connectivity index is 1.05. The molecule has 0 aromatic carbocycles. The SMILES string of the molecule is CC(C)=CCC[C@](C)(O[C@@H]1O[C@H](CO)[C@@H](O)[C@H](O)[C@H]1O[C@@H]1O[C@@H](C)[C@H](O)[C@@H](O)[C@H]1O)[C@H]1CC[C@]2(C)[C@@H]1[C@H](O)C[C@@H]1[C@@]3(C)CC[C@H](O[C@@H]4O[C@H](CO)[C@@H](O)[C@H](O)[C@H]4O[C@@H]4O[C@H](CO)[C@@H](O)[C@H](O)[C@H]4O)C(C)(C)[C@@H]3CC[C@]12C. The molecule has 4 aliphatic heterocycles. The minimum absolute atomic E-state index is 0.0374. The number of rotatable bonds is 15. The Morgan fingerprint density at radius 3 is 1.62 bits per heavy atom. The summed E-state index contributed by atoms with van der Waals surface area (Å²) in [5.41, 5.74) is -1.60. The molecule has 8 aliphatic rings. The Kier molecular flexibility index (Phi) is 18.4. The highest BCUT2D eigenvalue weighted by Gasteiger charge is 2.72. The summed E-state index contributed by atoms with van der Waals surface area (Å²) in [5, 5.41) is 152. The zero-order chi connectivity index (χ0) is 55.9. The fourth-order valence-electron chi connectivity index (χ4n) is 16.3. The van der Waals surface area contributed by atoms with Gasteiger partial charge in [-0.2, -0.15) is 0 Å². The van der Waals surface area contributed by atoms with E-state index in [9.17, 15) is 71.5 Å². The first-order chi connectivity index (χ1) is 35.5. The lowest BCUT2D eigenvalue weighted by molar-refractivity contribution is -0.380. The summed E-state index contributed by atoms with van der Waals surface area (Å²) in [6, 6.07) is 0. The van der Waals surface area contributed by atoms with Crippen molar-refractivity contribution in [3.05, 3.63) is 11.6 Å². The third-order valence-corrected chi connectivity index (χ3v) is 20.9. The van der Waals surface area contributed by atoms with Crippen LogP contribution in [0.25, 0.3) is 0 Å². The van der Waals surface area contributed by atoms with Crippen molar-refractivity contribution in [1.29, 1.82) is 0 Å². The van der Waals surface area contributed by atoms with Crippen molar-refractivity contribution in [3.8, 4) is 0 Å². The second-order valence-electron chi connectivity index (χ2n) is 25.7. The first-order valence-electron chi connectivity index (χ1n) is 27.8. The Labute approximate surface area is 445 Å². The van der Waals surface area contributed by atoms with E-state index in [0.29, 0.717) is 38.5 Å². The Hall–Kier alpha value is -1.14. The third kappa shape index (κ3) is 10.4. The number of allylic oxidation sites excluding steroid dienone is 2. The minimum atomic E-state index is -1.82. The molecule has 14 N–H and O–H groups in total. The molecule has 0 radical (unpaired) electrons. The van der Waals surface area contributed by atoms with Gasteiger partial charge >= 0.3 is 0 Å². The van der Waals surface area contributed by atoms with Gasteiger partial charge in [-0.1, -0.05) is 46.3 Å². The number of hydrogen-bond donors (Lipinski definition) is 14. The predicted molar refractivity (Wildman–Crippen MR) is 265 cm³/mol. The lowest BCUT2D eigenvalue weighted by Gasteiger charge is -2.71. The van der Waals surface area contributed by atoms with Crippen LogP contribution in [0.15, 0.2) is 11.6 Å². The van der Waals surface area contributed by atoms with Crippen LogP contribution in [0.2, 0.25) is 0 Å². The van der Waals surface area contributed by atoms with Crippen LogP contribution in [-0.2, 0) is 37.9 Å². The van der Waals surface area contributed by atoms with Gasteiger partial charge < -0.3 is 109 Å². The van der Waals surface area contributed by atoms with Gasteiger partial charge in [-0.25, -0.2) is 0 Å². The number of aliphatic hydroxyl groups excluding tert-OH is 14. The van der Waals surface area contributed by atoms with Crippen LogP contribution in [0.5, 0.6) is 0 Å². The van der Waals surface area contributed by atoms with Crippen LogP contribution in [0.4, 0.5) is 0 Å². The molecule has 0 unspecified atom stereocenters. The molecule has 0 bridgehead atoms. The Bertz CT molecular complexity index is 1980. The third-order valence-electron chi connectivity index (χ3n) is 20.9. The maximum Gasteiger partial charge on any atom is 0.187 e. The first kappa shape index (κ1) is 60.9. The topological polar surface area (TPSA) is 357 Å². The number of ether oxygens (including phenoxy) is 8. The molecule has 440 valence electrons. The molecule has 76 heavy (non-hydrogen) atoms. The summed E-state index contributed by atoms with van der Waals surface area (Å²) < 4.78 is 49.9. The van der Waals surface area contributed by atoms with Crippen LogP contribution in [-0.4, -0.2) is 232 Å². The molecule has 4 heterocycles. The molecule has 22 heteroatoms. The van der Waals surface area contributed by atoms with Crippen molar-refractivity contribution in [3.63, 3.8) is 0 Å². The summed E-state index contributed by atoms with van der Waals surface area (Å²) in [4.78, 5) is 0. The molecule has 8 fully saturated rings. The summed E-state index contributed by atoms with van der Waals surface area (Å²) in [6.07, 6.45) is -24.2. The minimum Gasteiger partial charge on any atom is -0.394 e. The van der Waals surface area contributed by atoms with E-state index in [1.165, 1.54) is 6.92 Å². The van der Waals surface area contributed by atoms with Crippen LogP contribution in [0, 0.1) is 45.3 Å². The molecule has 0 amide bonds. The van der Waals surface area contributed by atoms with Gasteiger partial charge in [0.25, 0.3) is 0 Å². The molecule has 4 saturated carbocycles. The van der Waals surface area contributed by atoms with E-state index < -0.39 is 171 Å². The van der Waals surface area contributed by atoms with E-state index >= 15 is 0 Å². The van der Waals surface area contributed by atoms with Crippen LogP contribution in [0.3, 0.4) is 0 Å². The van der Waals surface area contributed by atoms with E-state index in [4.69, 9.17) is 37.9 Å². The maximum absolute atomic E-state index is 12.9. The smallest absolute Gasteiger partial charge is 0.187 e. The van der Waals surface area contributed by atoms with E-state index in [1.54, 1.807) is 0 Å². The van der Waals surface area contributed by atoms with Gasteiger partial charge in [-0.15, -0.1) is 0 Å². The largest absolute Gasteiger partial charge is 0.394 e. The molecule has 22 nitrogen and oxygen atoms in total. The zero-order valence-corrected chi connectivity index (χ0v) is 45.6. The average molecular weight is 1090 g/mol. The summed E-state index contributed by atoms with van der Waals surface area (Å²) in [6.45, 7) is 16.7. The molecule has 0 aromatic rings. The van der Waals surface area contributed by atoms with Crippen molar-refractivity contribution in [2.75, 3.05) is 19.8 Å². The molecule has 0 aromatic heterocycles. The van der Waals surface area contributed by atoms with Crippen molar-refractivity contribution in [1.82, 2.24) is 0 Å². The van der Waals surface area contributed by atoms with Crippen molar-refractivity contribution >= 4 is 0 Å². The number of aliphatic hydroxyl groups is 14. The molecular formula is C54H92O22. The summed E-state index contributed by atoms with van der Waals surface area (Å²) >= 11 is 0. The van der Waals surface area contributed by atoms with Gasteiger partial charge in [0, 0.05) is 0 Å². The fourth-order valence-corrected chi connectivity index (χ4v) is 16.3. The summed E-state index contributed by atoms with van der Waals surface area (Å²) in [5.74, 6) is -0.481. The second-order valence-corrected chi connectivity index (χ2v) is 25.7. The molecule has 8 rings (SSSR count). The lowest BCUT2D eigenvalue weighted by Crippen LogP contribution is -2.68. The van der Waals surface area contributed by atoms with Crippen molar-refractivity contribution < 1.29 is 109 Å². The highest BCUT2D eigenvalue weighted by Crippen LogP contribution is 2.76. The van der Waals surface area contributed by atoms with Gasteiger partial charge in [-0.3, -0.25) is 0 Å².